The summed E-state index contributed by atoms with van der Waals surface area (Å²) in [6.07, 6.45) is 5.60. The summed E-state index contributed by atoms with van der Waals surface area (Å²) in [5.74, 6) is 0.146. The summed E-state index contributed by atoms with van der Waals surface area (Å²) in [5.41, 5.74) is 5.60. The van der Waals surface area contributed by atoms with Crippen molar-refractivity contribution in [1.82, 2.24) is 5.32 Å². The summed E-state index contributed by atoms with van der Waals surface area (Å²) in [6.45, 7) is 3.55. The fourth-order valence-electron chi connectivity index (χ4n) is 1.45. The number of ether oxygens (including phenoxy) is 1. The Morgan fingerprint density at radius 2 is 2.06 bits per heavy atom. The molecule has 4 heteroatoms. The molecule has 1 amide bonds. The number of nitrogens with two attached hydrogens (primary N) is 1. The zero-order valence-electron chi connectivity index (χ0n) is 10.6. The van der Waals surface area contributed by atoms with Crippen LogP contribution in [0.25, 0.3) is 0 Å². The molecule has 0 fully saturated rings. The molecule has 0 aromatic carbocycles. The van der Waals surface area contributed by atoms with Gasteiger partial charge in [-0.3, -0.25) is 4.79 Å². The van der Waals surface area contributed by atoms with E-state index < -0.39 is 0 Å². The Bertz CT molecular complexity index is 172. The maximum Gasteiger partial charge on any atom is 0.219 e. The quantitative estimate of drug-likeness (QED) is 0.558. The van der Waals surface area contributed by atoms with E-state index in [1.807, 2.05) is 6.92 Å². The van der Waals surface area contributed by atoms with Gasteiger partial charge in [-0.15, -0.1) is 0 Å². The van der Waals surface area contributed by atoms with E-state index in [4.69, 9.17) is 10.5 Å². The number of rotatable bonds is 10. The summed E-state index contributed by atoms with van der Waals surface area (Å²) in [6, 6.07) is 0.196. The maximum atomic E-state index is 11.3. The Morgan fingerprint density at radius 1 is 1.31 bits per heavy atom. The predicted molar refractivity (Wildman–Crippen MR) is 66.2 cm³/mol. The zero-order chi connectivity index (χ0) is 12.2. The highest BCUT2D eigenvalue weighted by molar-refractivity contribution is 5.75. The lowest BCUT2D eigenvalue weighted by Crippen LogP contribution is -2.24. The molecule has 0 aliphatic carbocycles. The standard InChI is InChI=1S/C12H26N2O2/c1-11(13)7-6-8-12(15)14-9-4-3-5-10-16-2/h11H,3-10,13H2,1-2H3,(H,14,15). The molecule has 0 aromatic heterocycles. The van der Waals surface area contributed by atoms with Crippen LogP contribution in [0.4, 0.5) is 0 Å². The van der Waals surface area contributed by atoms with Gasteiger partial charge in [-0.05, 0) is 39.0 Å². The zero-order valence-corrected chi connectivity index (χ0v) is 10.6. The van der Waals surface area contributed by atoms with Crippen molar-refractivity contribution in [1.29, 1.82) is 0 Å². The number of nitrogens with one attached hydrogen (secondary N) is 1. The number of carbonyl (C=O) groups is 1. The van der Waals surface area contributed by atoms with E-state index >= 15 is 0 Å². The number of methoxy groups -OCH3 is 1. The Morgan fingerprint density at radius 3 is 2.69 bits per heavy atom. The molecule has 0 aliphatic heterocycles. The highest BCUT2D eigenvalue weighted by atomic mass is 16.5. The van der Waals surface area contributed by atoms with Gasteiger partial charge in [0.25, 0.3) is 0 Å². The summed E-state index contributed by atoms with van der Waals surface area (Å²) in [5, 5.41) is 2.91. The lowest BCUT2D eigenvalue weighted by molar-refractivity contribution is -0.121. The molecule has 0 aliphatic rings. The first-order chi connectivity index (χ1) is 7.66. The van der Waals surface area contributed by atoms with Gasteiger partial charge in [-0.2, -0.15) is 0 Å². The van der Waals surface area contributed by atoms with Crippen LogP contribution in [0.15, 0.2) is 0 Å². The second kappa shape index (κ2) is 10.9. The second-order valence-corrected chi connectivity index (χ2v) is 4.27. The van der Waals surface area contributed by atoms with E-state index in [1.165, 1.54) is 0 Å². The van der Waals surface area contributed by atoms with Crippen molar-refractivity contribution >= 4 is 5.91 Å². The minimum absolute atomic E-state index is 0.146. The molecule has 0 heterocycles. The van der Waals surface area contributed by atoms with E-state index in [1.54, 1.807) is 7.11 Å². The van der Waals surface area contributed by atoms with Crippen LogP contribution in [0.1, 0.15) is 45.4 Å². The predicted octanol–water partition coefficient (Wildman–Crippen LogP) is 1.44. The highest BCUT2D eigenvalue weighted by Crippen LogP contribution is 1.99. The van der Waals surface area contributed by atoms with Crippen LogP contribution in [0.5, 0.6) is 0 Å². The molecular formula is C12H26N2O2. The van der Waals surface area contributed by atoms with Crippen LogP contribution < -0.4 is 11.1 Å². The fourth-order valence-corrected chi connectivity index (χ4v) is 1.45. The van der Waals surface area contributed by atoms with E-state index in [2.05, 4.69) is 5.32 Å². The van der Waals surface area contributed by atoms with E-state index in [0.29, 0.717) is 6.42 Å². The molecule has 1 atom stereocenters. The fraction of sp³-hybridized carbons (Fsp3) is 0.917. The van der Waals surface area contributed by atoms with Crippen molar-refractivity contribution in [2.24, 2.45) is 5.73 Å². The Hall–Kier alpha value is -0.610. The molecule has 0 radical (unpaired) electrons. The topological polar surface area (TPSA) is 64.3 Å². The first kappa shape index (κ1) is 15.4. The molecule has 96 valence electrons. The lowest BCUT2D eigenvalue weighted by atomic mass is 10.1. The number of hydrogen-bond donors (Lipinski definition) is 2. The largest absolute Gasteiger partial charge is 0.385 e. The van der Waals surface area contributed by atoms with E-state index in [0.717, 1.165) is 45.3 Å². The number of unbranched alkanes of at least 4 members (excludes halogenated alkanes) is 2. The minimum Gasteiger partial charge on any atom is -0.385 e. The van der Waals surface area contributed by atoms with Crippen LogP contribution in [-0.2, 0) is 9.53 Å². The minimum atomic E-state index is 0.146. The Labute approximate surface area is 98.9 Å². The number of carbonyl (C=O) groups excluding carboxylic acids is 1. The summed E-state index contributed by atoms with van der Waals surface area (Å²) < 4.78 is 4.95. The van der Waals surface area contributed by atoms with Gasteiger partial charge in [0.15, 0.2) is 0 Å². The van der Waals surface area contributed by atoms with Gasteiger partial charge in [0, 0.05) is 32.7 Å². The molecule has 16 heavy (non-hydrogen) atoms. The third-order valence-corrected chi connectivity index (χ3v) is 2.41. The third kappa shape index (κ3) is 11.5. The van der Waals surface area contributed by atoms with Crippen LogP contribution in [0, 0.1) is 0 Å². The second-order valence-electron chi connectivity index (χ2n) is 4.27. The normalized spacial score (nSPS) is 12.4. The lowest BCUT2D eigenvalue weighted by Gasteiger charge is -2.06. The van der Waals surface area contributed by atoms with Gasteiger partial charge in [0.1, 0.15) is 0 Å². The molecule has 0 saturated carbocycles. The average Bonchev–Trinajstić information content (AvgIpc) is 2.22. The summed E-state index contributed by atoms with van der Waals surface area (Å²) >= 11 is 0. The van der Waals surface area contributed by atoms with Crippen LogP contribution in [-0.4, -0.2) is 32.2 Å². The van der Waals surface area contributed by atoms with Gasteiger partial charge >= 0.3 is 0 Å². The molecule has 3 N–H and O–H groups in total. The van der Waals surface area contributed by atoms with Crippen molar-refractivity contribution in [3.8, 4) is 0 Å². The average molecular weight is 230 g/mol. The van der Waals surface area contributed by atoms with Gasteiger partial charge in [0.2, 0.25) is 5.91 Å². The highest BCUT2D eigenvalue weighted by Gasteiger charge is 2.01. The number of hydrogen-bond acceptors (Lipinski definition) is 3. The monoisotopic (exact) mass is 230 g/mol. The van der Waals surface area contributed by atoms with Gasteiger partial charge in [-0.25, -0.2) is 0 Å². The summed E-state index contributed by atoms with van der Waals surface area (Å²) in [7, 11) is 1.71. The van der Waals surface area contributed by atoms with Crippen molar-refractivity contribution in [3.63, 3.8) is 0 Å². The van der Waals surface area contributed by atoms with Crippen molar-refractivity contribution in [2.75, 3.05) is 20.3 Å². The van der Waals surface area contributed by atoms with Crippen molar-refractivity contribution in [3.05, 3.63) is 0 Å². The molecule has 1 unspecified atom stereocenters. The SMILES string of the molecule is COCCCCCNC(=O)CCCC(C)N. The molecule has 4 nitrogen and oxygen atoms in total. The van der Waals surface area contributed by atoms with E-state index in [-0.39, 0.29) is 11.9 Å². The molecule has 0 spiro atoms. The van der Waals surface area contributed by atoms with Gasteiger partial charge in [0.05, 0.1) is 0 Å². The molecule has 0 bridgehead atoms. The molecule has 0 rings (SSSR count). The third-order valence-electron chi connectivity index (χ3n) is 2.41. The maximum absolute atomic E-state index is 11.3. The van der Waals surface area contributed by atoms with Gasteiger partial charge < -0.3 is 15.8 Å². The van der Waals surface area contributed by atoms with Gasteiger partial charge in [-0.1, -0.05) is 0 Å². The first-order valence-electron chi connectivity index (χ1n) is 6.18. The summed E-state index contributed by atoms with van der Waals surface area (Å²) in [4.78, 5) is 11.3. The Balaban J connectivity index is 3.17. The van der Waals surface area contributed by atoms with Crippen molar-refractivity contribution in [2.45, 2.75) is 51.5 Å². The molecular weight excluding hydrogens is 204 g/mol. The van der Waals surface area contributed by atoms with Crippen LogP contribution in [0.3, 0.4) is 0 Å². The smallest absolute Gasteiger partial charge is 0.219 e. The van der Waals surface area contributed by atoms with Crippen LogP contribution in [0.2, 0.25) is 0 Å². The van der Waals surface area contributed by atoms with Crippen LogP contribution >= 0.6 is 0 Å². The van der Waals surface area contributed by atoms with E-state index in [9.17, 15) is 4.79 Å². The number of amides is 1. The van der Waals surface area contributed by atoms with Crippen molar-refractivity contribution < 1.29 is 9.53 Å². The molecule has 0 saturated heterocycles. The molecule has 0 aromatic rings. The first-order valence-corrected chi connectivity index (χ1v) is 6.18. The Kier molecular flexibility index (Phi) is 10.5.